The normalized spacial score (nSPS) is 21.9. The third kappa shape index (κ3) is 3.01. The zero-order valence-electron chi connectivity index (χ0n) is 9.32. The molecular formula is C12H19N3. The number of rotatable bonds is 3. The number of pyridine rings is 1. The summed E-state index contributed by atoms with van der Waals surface area (Å²) in [6.07, 6.45) is 6.38. The highest BCUT2D eigenvalue weighted by molar-refractivity contribution is 5.08. The van der Waals surface area contributed by atoms with Gasteiger partial charge in [-0.25, -0.2) is 0 Å². The predicted molar refractivity (Wildman–Crippen MR) is 61.6 cm³/mol. The first-order valence-electron chi connectivity index (χ1n) is 5.66. The lowest BCUT2D eigenvalue weighted by Crippen LogP contribution is -2.43. The average molecular weight is 205 g/mol. The summed E-state index contributed by atoms with van der Waals surface area (Å²) < 4.78 is 0. The van der Waals surface area contributed by atoms with Crippen LogP contribution in [-0.4, -0.2) is 36.1 Å². The van der Waals surface area contributed by atoms with Gasteiger partial charge in [-0.3, -0.25) is 9.88 Å². The van der Waals surface area contributed by atoms with E-state index in [-0.39, 0.29) is 0 Å². The minimum Gasteiger partial charge on any atom is -0.315 e. The minimum atomic E-state index is 0.680. The standard InChI is InChI=1S/C12H19N3/c1-15(12-5-3-7-14-9-12)10-11-4-2-6-13-8-11/h2,4,6,8,12,14H,3,5,7,9-10H2,1H3/t12-/m0/s1. The van der Waals surface area contributed by atoms with E-state index in [0.717, 1.165) is 13.1 Å². The smallest absolute Gasteiger partial charge is 0.0312 e. The molecule has 0 bridgehead atoms. The summed E-state index contributed by atoms with van der Waals surface area (Å²) in [5.74, 6) is 0. The van der Waals surface area contributed by atoms with Crippen molar-refractivity contribution >= 4 is 0 Å². The molecule has 1 aromatic rings. The topological polar surface area (TPSA) is 28.2 Å². The molecule has 0 unspecified atom stereocenters. The Kier molecular flexibility index (Phi) is 3.69. The molecule has 0 aliphatic carbocycles. The molecule has 2 heterocycles. The first-order valence-corrected chi connectivity index (χ1v) is 5.66. The van der Waals surface area contributed by atoms with Crippen molar-refractivity contribution in [3.8, 4) is 0 Å². The van der Waals surface area contributed by atoms with Gasteiger partial charge < -0.3 is 5.32 Å². The highest BCUT2D eigenvalue weighted by Crippen LogP contribution is 2.11. The molecule has 15 heavy (non-hydrogen) atoms. The summed E-state index contributed by atoms with van der Waals surface area (Å²) in [4.78, 5) is 6.56. The molecule has 3 heteroatoms. The molecule has 1 saturated heterocycles. The highest BCUT2D eigenvalue weighted by Gasteiger charge is 2.17. The van der Waals surface area contributed by atoms with Crippen molar-refractivity contribution in [2.75, 3.05) is 20.1 Å². The number of nitrogens with one attached hydrogen (secondary N) is 1. The van der Waals surface area contributed by atoms with Gasteiger partial charge in [-0.2, -0.15) is 0 Å². The molecule has 82 valence electrons. The van der Waals surface area contributed by atoms with E-state index in [1.54, 1.807) is 0 Å². The fraction of sp³-hybridized carbons (Fsp3) is 0.583. The van der Waals surface area contributed by atoms with Crippen molar-refractivity contribution in [1.29, 1.82) is 0 Å². The van der Waals surface area contributed by atoms with E-state index < -0.39 is 0 Å². The van der Waals surface area contributed by atoms with E-state index >= 15 is 0 Å². The zero-order chi connectivity index (χ0) is 10.5. The fourth-order valence-corrected chi connectivity index (χ4v) is 2.12. The third-order valence-electron chi connectivity index (χ3n) is 3.05. The highest BCUT2D eigenvalue weighted by atomic mass is 15.2. The van der Waals surface area contributed by atoms with Gasteiger partial charge in [-0.15, -0.1) is 0 Å². The van der Waals surface area contributed by atoms with E-state index in [1.807, 2.05) is 18.5 Å². The lowest BCUT2D eigenvalue weighted by Gasteiger charge is -2.31. The van der Waals surface area contributed by atoms with Gasteiger partial charge in [0.1, 0.15) is 0 Å². The molecule has 1 atom stereocenters. The van der Waals surface area contributed by atoms with E-state index in [0.29, 0.717) is 6.04 Å². The van der Waals surface area contributed by atoms with Crippen molar-refractivity contribution in [3.05, 3.63) is 30.1 Å². The second kappa shape index (κ2) is 5.24. The Labute approximate surface area is 91.5 Å². The number of piperidine rings is 1. The Hall–Kier alpha value is -0.930. The fourth-order valence-electron chi connectivity index (χ4n) is 2.12. The first kappa shape index (κ1) is 10.6. The van der Waals surface area contributed by atoms with Crippen LogP contribution in [-0.2, 0) is 6.54 Å². The molecule has 0 saturated carbocycles. The quantitative estimate of drug-likeness (QED) is 0.805. The Balaban J connectivity index is 1.88. The summed E-state index contributed by atoms with van der Waals surface area (Å²) in [7, 11) is 2.20. The zero-order valence-corrected chi connectivity index (χ0v) is 9.32. The summed E-state index contributed by atoms with van der Waals surface area (Å²) >= 11 is 0. The van der Waals surface area contributed by atoms with Gasteiger partial charge in [0.15, 0.2) is 0 Å². The van der Waals surface area contributed by atoms with Crippen molar-refractivity contribution in [1.82, 2.24) is 15.2 Å². The number of hydrogen-bond donors (Lipinski definition) is 1. The van der Waals surface area contributed by atoms with Crippen molar-refractivity contribution in [2.45, 2.75) is 25.4 Å². The van der Waals surface area contributed by atoms with Crippen LogP contribution < -0.4 is 5.32 Å². The monoisotopic (exact) mass is 205 g/mol. The van der Waals surface area contributed by atoms with E-state index in [2.05, 4.69) is 28.3 Å². The average Bonchev–Trinajstić information content (AvgIpc) is 2.31. The van der Waals surface area contributed by atoms with Crippen molar-refractivity contribution < 1.29 is 0 Å². The number of likely N-dealkylation sites (N-methyl/N-ethyl adjacent to an activating group) is 1. The van der Waals surface area contributed by atoms with Gasteiger partial charge in [0.05, 0.1) is 0 Å². The van der Waals surface area contributed by atoms with Gasteiger partial charge in [0, 0.05) is 31.5 Å². The molecule has 1 aromatic heterocycles. The molecular weight excluding hydrogens is 186 g/mol. The van der Waals surface area contributed by atoms with Gasteiger partial charge in [0.2, 0.25) is 0 Å². The maximum atomic E-state index is 4.14. The van der Waals surface area contributed by atoms with Crippen LogP contribution in [0.25, 0.3) is 0 Å². The molecule has 1 aliphatic rings. The summed E-state index contributed by atoms with van der Waals surface area (Å²) in [6, 6.07) is 4.82. The van der Waals surface area contributed by atoms with E-state index in [1.165, 1.54) is 24.9 Å². The second-order valence-electron chi connectivity index (χ2n) is 4.28. The lowest BCUT2D eigenvalue weighted by molar-refractivity contribution is 0.195. The van der Waals surface area contributed by atoms with Crippen molar-refractivity contribution in [2.24, 2.45) is 0 Å². The Morgan fingerprint density at radius 2 is 2.53 bits per heavy atom. The summed E-state index contributed by atoms with van der Waals surface area (Å²) in [5, 5.41) is 3.44. The minimum absolute atomic E-state index is 0.680. The van der Waals surface area contributed by atoms with Crippen LogP contribution in [0.15, 0.2) is 24.5 Å². The number of hydrogen-bond acceptors (Lipinski definition) is 3. The molecule has 2 rings (SSSR count). The molecule has 1 fully saturated rings. The van der Waals surface area contributed by atoms with Gasteiger partial charge in [-0.1, -0.05) is 6.07 Å². The predicted octanol–water partition coefficient (Wildman–Crippen LogP) is 1.27. The van der Waals surface area contributed by atoms with Gasteiger partial charge >= 0.3 is 0 Å². The van der Waals surface area contributed by atoms with Crippen LogP contribution >= 0.6 is 0 Å². The Morgan fingerprint density at radius 1 is 1.60 bits per heavy atom. The lowest BCUT2D eigenvalue weighted by atomic mass is 10.1. The van der Waals surface area contributed by atoms with Gasteiger partial charge in [0.25, 0.3) is 0 Å². The molecule has 0 radical (unpaired) electrons. The van der Waals surface area contributed by atoms with Gasteiger partial charge in [-0.05, 0) is 38.1 Å². The molecule has 1 aliphatic heterocycles. The third-order valence-corrected chi connectivity index (χ3v) is 3.05. The van der Waals surface area contributed by atoms with Crippen LogP contribution in [0.5, 0.6) is 0 Å². The van der Waals surface area contributed by atoms with E-state index in [4.69, 9.17) is 0 Å². The number of aromatic nitrogens is 1. The van der Waals surface area contributed by atoms with Crippen molar-refractivity contribution in [3.63, 3.8) is 0 Å². The second-order valence-corrected chi connectivity index (χ2v) is 4.28. The number of nitrogens with zero attached hydrogens (tertiary/aromatic N) is 2. The van der Waals surface area contributed by atoms with Crippen LogP contribution in [0.3, 0.4) is 0 Å². The Bertz CT molecular complexity index is 280. The molecule has 0 amide bonds. The molecule has 1 N–H and O–H groups in total. The van der Waals surface area contributed by atoms with Crippen LogP contribution in [0.4, 0.5) is 0 Å². The molecule has 0 aromatic carbocycles. The first-order chi connectivity index (χ1) is 7.36. The van der Waals surface area contributed by atoms with Crippen LogP contribution in [0.1, 0.15) is 18.4 Å². The van der Waals surface area contributed by atoms with Crippen LogP contribution in [0, 0.1) is 0 Å². The Morgan fingerprint density at radius 3 is 3.20 bits per heavy atom. The van der Waals surface area contributed by atoms with Crippen LogP contribution in [0.2, 0.25) is 0 Å². The molecule has 3 nitrogen and oxygen atoms in total. The largest absolute Gasteiger partial charge is 0.315 e. The summed E-state index contributed by atoms with van der Waals surface area (Å²) in [5.41, 5.74) is 1.30. The van der Waals surface area contributed by atoms with E-state index in [9.17, 15) is 0 Å². The molecule has 0 spiro atoms. The SMILES string of the molecule is CN(Cc1cccnc1)[C@H]1CCCNC1. The summed E-state index contributed by atoms with van der Waals surface area (Å²) in [6.45, 7) is 3.30. The maximum Gasteiger partial charge on any atom is 0.0312 e. The maximum absolute atomic E-state index is 4.14.